The molecule has 0 aromatic heterocycles. The Bertz CT molecular complexity index is 551. The summed E-state index contributed by atoms with van der Waals surface area (Å²) in [6, 6.07) is 4.77. The lowest BCUT2D eigenvalue weighted by molar-refractivity contribution is -0.193. The first-order valence-electron chi connectivity index (χ1n) is 7.89. The molecule has 3 rings (SSSR count). The van der Waals surface area contributed by atoms with Gasteiger partial charge in [-0.2, -0.15) is 0 Å². The van der Waals surface area contributed by atoms with Gasteiger partial charge >= 0.3 is 0 Å². The fourth-order valence-corrected chi connectivity index (χ4v) is 4.13. The van der Waals surface area contributed by atoms with Crippen LogP contribution in [-0.4, -0.2) is 30.4 Å². The predicted molar refractivity (Wildman–Crippen MR) is 84.4 cm³/mol. The molecule has 1 saturated carbocycles. The summed E-state index contributed by atoms with van der Waals surface area (Å²) >= 11 is 5.67. The molecular weight excluding hydrogens is 305 g/mol. The van der Waals surface area contributed by atoms with E-state index in [1.165, 1.54) is 12.1 Å². The van der Waals surface area contributed by atoms with Crippen LogP contribution in [0.4, 0.5) is 4.39 Å². The molecule has 1 saturated heterocycles. The zero-order valence-electron chi connectivity index (χ0n) is 13.0. The number of rotatable bonds is 4. The summed E-state index contributed by atoms with van der Waals surface area (Å²) in [5.74, 6) is 0.0147. The van der Waals surface area contributed by atoms with Crippen molar-refractivity contribution in [3.63, 3.8) is 0 Å². The lowest BCUT2D eigenvalue weighted by atomic mass is 9.55. The van der Waals surface area contributed by atoms with Crippen LogP contribution in [0.15, 0.2) is 18.2 Å². The third-order valence-corrected chi connectivity index (χ3v) is 5.50. The molecule has 3 nitrogen and oxygen atoms in total. The van der Waals surface area contributed by atoms with Crippen LogP contribution in [0, 0.1) is 17.2 Å². The summed E-state index contributed by atoms with van der Waals surface area (Å²) in [5, 5.41) is 13.8. The Morgan fingerprint density at radius 2 is 2.27 bits per heavy atom. The minimum absolute atomic E-state index is 0.0655. The number of hydrogen-bond donors (Lipinski definition) is 2. The SMILES string of the molecule is CC1(C)C(NCC(O)c2ccc(Cl)c(F)c2)C2CCCOC21. The monoisotopic (exact) mass is 327 g/mol. The zero-order valence-corrected chi connectivity index (χ0v) is 13.7. The van der Waals surface area contributed by atoms with Gasteiger partial charge in [0.2, 0.25) is 0 Å². The van der Waals surface area contributed by atoms with Gasteiger partial charge in [0.25, 0.3) is 0 Å². The average Bonchev–Trinajstić information content (AvgIpc) is 2.50. The maximum atomic E-state index is 13.5. The highest BCUT2D eigenvalue weighted by atomic mass is 35.5. The fraction of sp³-hybridized carbons (Fsp3) is 0.647. The summed E-state index contributed by atoms with van der Waals surface area (Å²) in [4.78, 5) is 0. The minimum Gasteiger partial charge on any atom is -0.387 e. The maximum Gasteiger partial charge on any atom is 0.142 e. The average molecular weight is 328 g/mol. The number of hydrogen-bond acceptors (Lipinski definition) is 3. The first-order chi connectivity index (χ1) is 10.4. The first kappa shape index (κ1) is 16.2. The van der Waals surface area contributed by atoms with Gasteiger partial charge in [0.05, 0.1) is 17.2 Å². The number of fused-ring (bicyclic) bond motifs is 1. The van der Waals surface area contributed by atoms with Gasteiger partial charge in [-0.05, 0) is 30.5 Å². The fourth-order valence-electron chi connectivity index (χ4n) is 4.01. The molecule has 1 aliphatic heterocycles. The Morgan fingerprint density at radius 1 is 1.50 bits per heavy atom. The lowest BCUT2D eigenvalue weighted by Gasteiger charge is -2.60. The highest BCUT2D eigenvalue weighted by Gasteiger charge is 2.57. The summed E-state index contributed by atoms with van der Waals surface area (Å²) in [6.07, 6.45) is 1.83. The molecule has 4 atom stereocenters. The molecule has 122 valence electrons. The van der Waals surface area contributed by atoms with E-state index >= 15 is 0 Å². The summed E-state index contributed by atoms with van der Waals surface area (Å²) in [5.41, 5.74) is 0.610. The molecule has 4 unspecified atom stereocenters. The van der Waals surface area contributed by atoms with Crippen LogP contribution in [0.25, 0.3) is 0 Å². The summed E-state index contributed by atoms with van der Waals surface area (Å²) in [7, 11) is 0. The van der Waals surface area contributed by atoms with Gasteiger partial charge in [-0.25, -0.2) is 4.39 Å². The van der Waals surface area contributed by atoms with Gasteiger partial charge in [-0.15, -0.1) is 0 Å². The largest absolute Gasteiger partial charge is 0.387 e. The second-order valence-electron chi connectivity index (χ2n) is 6.99. The molecule has 1 heterocycles. The first-order valence-corrected chi connectivity index (χ1v) is 8.27. The van der Waals surface area contributed by atoms with Gasteiger partial charge < -0.3 is 15.2 Å². The van der Waals surface area contributed by atoms with Crippen molar-refractivity contribution >= 4 is 11.6 Å². The van der Waals surface area contributed by atoms with Crippen molar-refractivity contribution in [2.45, 2.75) is 44.9 Å². The van der Waals surface area contributed by atoms with E-state index < -0.39 is 11.9 Å². The van der Waals surface area contributed by atoms with Crippen LogP contribution in [0.5, 0.6) is 0 Å². The van der Waals surface area contributed by atoms with Crippen LogP contribution in [0.3, 0.4) is 0 Å². The van der Waals surface area contributed by atoms with Gasteiger partial charge in [0.15, 0.2) is 0 Å². The number of aliphatic hydroxyl groups excluding tert-OH is 1. The molecule has 0 amide bonds. The van der Waals surface area contributed by atoms with Crippen molar-refractivity contribution < 1.29 is 14.2 Å². The van der Waals surface area contributed by atoms with Crippen LogP contribution < -0.4 is 5.32 Å². The molecule has 2 fully saturated rings. The Labute approximate surface area is 135 Å². The second-order valence-corrected chi connectivity index (χ2v) is 7.40. The van der Waals surface area contributed by atoms with E-state index in [-0.39, 0.29) is 10.4 Å². The van der Waals surface area contributed by atoms with E-state index in [1.54, 1.807) is 6.07 Å². The van der Waals surface area contributed by atoms with E-state index in [4.69, 9.17) is 16.3 Å². The number of aliphatic hydroxyl groups is 1. The van der Waals surface area contributed by atoms with Gasteiger partial charge in [-0.1, -0.05) is 31.5 Å². The number of ether oxygens (including phenoxy) is 1. The van der Waals surface area contributed by atoms with E-state index in [0.717, 1.165) is 19.4 Å². The zero-order chi connectivity index (χ0) is 15.9. The number of benzene rings is 1. The van der Waals surface area contributed by atoms with Crippen LogP contribution >= 0.6 is 11.6 Å². The van der Waals surface area contributed by atoms with Gasteiger partial charge in [0, 0.05) is 30.5 Å². The molecule has 5 heteroatoms. The van der Waals surface area contributed by atoms with Crippen molar-refractivity contribution in [3.8, 4) is 0 Å². The number of nitrogens with one attached hydrogen (secondary N) is 1. The number of halogens is 2. The third-order valence-electron chi connectivity index (χ3n) is 5.19. The van der Waals surface area contributed by atoms with Crippen molar-refractivity contribution in [1.29, 1.82) is 0 Å². The Hall–Kier alpha value is -0.680. The van der Waals surface area contributed by atoms with Gasteiger partial charge in [-0.3, -0.25) is 0 Å². The molecule has 2 aliphatic rings. The second kappa shape index (κ2) is 6.08. The summed E-state index contributed by atoms with van der Waals surface area (Å²) < 4.78 is 19.4. The molecule has 1 aromatic carbocycles. The normalized spacial score (nSPS) is 31.2. The van der Waals surface area contributed by atoms with Crippen LogP contribution in [0.2, 0.25) is 5.02 Å². The van der Waals surface area contributed by atoms with E-state index in [0.29, 0.717) is 30.2 Å². The van der Waals surface area contributed by atoms with Crippen molar-refractivity contribution in [2.75, 3.05) is 13.2 Å². The predicted octanol–water partition coefficient (Wildman–Crippen LogP) is 3.31. The van der Waals surface area contributed by atoms with Crippen molar-refractivity contribution in [1.82, 2.24) is 5.32 Å². The van der Waals surface area contributed by atoms with Crippen molar-refractivity contribution in [3.05, 3.63) is 34.6 Å². The molecule has 1 aromatic rings. The minimum atomic E-state index is -0.744. The van der Waals surface area contributed by atoms with Crippen LogP contribution in [-0.2, 0) is 4.74 Å². The third kappa shape index (κ3) is 2.78. The molecule has 22 heavy (non-hydrogen) atoms. The smallest absolute Gasteiger partial charge is 0.142 e. The molecular formula is C17H23ClFNO2. The maximum absolute atomic E-state index is 13.5. The molecule has 0 spiro atoms. The van der Waals surface area contributed by atoms with E-state index in [2.05, 4.69) is 19.2 Å². The lowest BCUT2D eigenvalue weighted by Crippen LogP contribution is -2.69. The Balaban J connectivity index is 1.61. The van der Waals surface area contributed by atoms with E-state index in [9.17, 15) is 9.50 Å². The Morgan fingerprint density at radius 3 is 3.00 bits per heavy atom. The van der Waals surface area contributed by atoms with Gasteiger partial charge in [0.1, 0.15) is 5.82 Å². The molecule has 0 radical (unpaired) electrons. The van der Waals surface area contributed by atoms with E-state index in [1.807, 2.05) is 0 Å². The molecule has 0 bridgehead atoms. The summed E-state index contributed by atoms with van der Waals surface area (Å²) in [6.45, 7) is 5.65. The topological polar surface area (TPSA) is 41.5 Å². The molecule has 1 aliphatic carbocycles. The van der Waals surface area contributed by atoms with Crippen molar-refractivity contribution in [2.24, 2.45) is 11.3 Å². The quantitative estimate of drug-likeness (QED) is 0.891. The van der Waals surface area contributed by atoms with Crippen LogP contribution in [0.1, 0.15) is 38.4 Å². The highest BCUT2D eigenvalue weighted by Crippen LogP contribution is 2.51. The standard InChI is InChI=1S/C17H23ClFNO2/c1-17(2)15(11-4-3-7-22-16(11)17)20-9-14(21)10-5-6-12(18)13(19)8-10/h5-6,8,11,14-16,20-21H,3-4,7,9H2,1-2H3. The highest BCUT2D eigenvalue weighted by molar-refractivity contribution is 6.30. The Kier molecular flexibility index (Phi) is 4.47. The molecule has 2 N–H and O–H groups in total.